The van der Waals surface area contributed by atoms with Gasteiger partial charge >= 0.3 is 0 Å². The minimum absolute atomic E-state index is 0.193. The van der Waals surface area contributed by atoms with Crippen molar-refractivity contribution < 1.29 is 9.47 Å². The van der Waals surface area contributed by atoms with Gasteiger partial charge in [0.25, 0.3) is 0 Å². The first-order chi connectivity index (χ1) is 9.24. The summed E-state index contributed by atoms with van der Waals surface area (Å²) in [5, 5.41) is 0.829. The van der Waals surface area contributed by atoms with E-state index in [0.29, 0.717) is 25.1 Å². The van der Waals surface area contributed by atoms with Crippen molar-refractivity contribution in [1.82, 2.24) is 9.97 Å². The fourth-order valence-electron chi connectivity index (χ4n) is 1.98. The van der Waals surface area contributed by atoms with Crippen LogP contribution in [-0.2, 0) is 4.74 Å². The Morgan fingerprint density at radius 2 is 2.37 bits per heavy atom. The standard InChI is InChI=1S/C13H20BrN3O2/c1-3-4-18-13-7-15-6-12(16-13)17-8-11(5-14)19-9-10(17)2/h6-7,10-11H,3-5,8-9H2,1-2H3. The molecular weight excluding hydrogens is 310 g/mol. The number of nitrogens with zero attached hydrogens (tertiary/aromatic N) is 3. The van der Waals surface area contributed by atoms with E-state index in [1.165, 1.54) is 0 Å². The van der Waals surface area contributed by atoms with Crippen molar-refractivity contribution in [2.75, 3.05) is 30.0 Å². The van der Waals surface area contributed by atoms with Crippen molar-refractivity contribution in [2.24, 2.45) is 0 Å². The van der Waals surface area contributed by atoms with E-state index in [-0.39, 0.29) is 6.10 Å². The first-order valence-corrected chi connectivity index (χ1v) is 7.75. The number of ether oxygens (including phenoxy) is 2. The molecule has 2 unspecified atom stereocenters. The second-order valence-electron chi connectivity index (χ2n) is 4.67. The summed E-state index contributed by atoms with van der Waals surface area (Å²) >= 11 is 3.47. The molecule has 0 aliphatic carbocycles. The number of morpholine rings is 1. The SMILES string of the molecule is CCCOc1cncc(N2CC(CBr)OCC2C)n1. The fourth-order valence-corrected chi connectivity index (χ4v) is 2.37. The van der Waals surface area contributed by atoms with Gasteiger partial charge in [0.1, 0.15) is 0 Å². The number of hydrogen-bond acceptors (Lipinski definition) is 5. The average Bonchev–Trinajstić information content (AvgIpc) is 2.46. The molecule has 6 heteroatoms. The van der Waals surface area contributed by atoms with Crippen molar-refractivity contribution in [3.63, 3.8) is 0 Å². The Morgan fingerprint density at radius 1 is 1.53 bits per heavy atom. The molecule has 0 radical (unpaired) electrons. The van der Waals surface area contributed by atoms with Gasteiger partial charge < -0.3 is 14.4 Å². The van der Waals surface area contributed by atoms with Gasteiger partial charge in [-0.15, -0.1) is 0 Å². The zero-order chi connectivity index (χ0) is 13.7. The molecule has 1 aromatic heterocycles. The van der Waals surface area contributed by atoms with Gasteiger partial charge in [0.2, 0.25) is 5.88 Å². The number of hydrogen-bond donors (Lipinski definition) is 0. The van der Waals surface area contributed by atoms with Crippen LogP contribution in [-0.4, -0.2) is 47.2 Å². The molecule has 1 aliphatic heterocycles. The summed E-state index contributed by atoms with van der Waals surface area (Å²) in [6, 6.07) is 0.297. The van der Waals surface area contributed by atoms with Crippen LogP contribution >= 0.6 is 15.9 Å². The fraction of sp³-hybridized carbons (Fsp3) is 0.692. The summed E-state index contributed by atoms with van der Waals surface area (Å²) in [4.78, 5) is 11.0. The first kappa shape index (κ1) is 14.5. The van der Waals surface area contributed by atoms with E-state index >= 15 is 0 Å². The molecule has 2 heterocycles. The van der Waals surface area contributed by atoms with Crippen molar-refractivity contribution >= 4 is 21.7 Å². The topological polar surface area (TPSA) is 47.5 Å². The van der Waals surface area contributed by atoms with E-state index in [1.54, 1.807) is 12.4 Å². The van der Waals surface area contributed by atoms with Crippen LogP contribution in [0.15, 0.2) is 12.4 Å². The van der Waals surface area contributed by atoms with Gasteiger partial charge in [-0.05, 0) is 13.3 Å². The molecule has 106 valence electrons. The third-order valence-corrected chi connectivity index (χ3v) is 3.75. The zero-order valence-corrected chi connectivity index (χ0v) is 13.0. The Morgan fingerprint density at radius 3 is 3.11 bits per heavy atom. The van der Waals surface area contributed by atoms with Crippen LogP contribution in [0.1, 0.15) is 20.3 Å². The molecule has 2 atom stereocenters. The lowest BCUT2D eigenvalue weighted by molar-refractivity contribution is 0.0375. The van der Waals surface area contributed by atoms with Gasteiger partial charge in [-0.2, -0.15) is 4.98 Å². The van der Waals surface area contributed by atoms with E-state index in [2.05, 4.69) is 44.6 Å². The molecule has 0 aromatic carbocycles. The Bertz CT molecular complexity index is 405. The second kappa shape index (κ2) is 7.05. The summed E-state index contributed by atoms with van der Waals surface area (Å²) in [5.41, 5.74) is 0. The average molecular weight is 330 g/mol. The molecule has 5 nitrogen and oxygen atoms in total. The maximum Gasteiger partial charge on any atom is 0.234 e. The summed E-state index contributed by atoms with van der Waals surface area (Å²) < 4.78 is 11.3. The molecule has 1 fully saturated rings. The number of rotatable bonds is 5. The number of anilines is 1. The molecule has 0 spiro atoms. The molecule has 0 saturated carbocycles. The van der Waals surface area contributed by atoms with Crippen molar-refractivity contribution in [1.29, 1.82) is 0 Å². The minimum atomic E-state index is 0.193. The molecule has 19 heavy (non-hydrogen) atoms. The molecule has 0 bridgehead atoms. The lowest BCUT2D eigenvalue weighted by Gasteiger charge is -2.38. The highest BCUT2D eigenvalue weighted by molar-refractivity contribution is 9.09. The minimum Gasteiger partial charge on any atom is -0.477 e. The van der Waals surface area contributed by atoms with Crippen LogP contribution in [0.2, 0.25) is 0 Å². The van der Waals surface area contributed by atoms with E-state index < -0.39 is 0 Å². The molecule has 1 aromatic rings. The van der Waals surface area contributed by atoms with E-state index in [4.69, 9.17) is 9.47 Å². The Labute approximate surface area is 122 Å². The maximum atomic E-state index is 5.72. The predicted octanol–water partition coefficient (Wildman–Crippen LogP) is 2.25. The largest absolute Gasteiger partial charge is 0.477 e. The van der Waals surface area contributed by atoms with Crippen LogP contribution in [0.25, 0.3) is 0 Å². The Hall–Kier alpha value is -0.880. The molecule has 0 N–H and O–H groups in total. The summed E-state index contributed by atoms with van der Waals surface area (Å²) in [6.07, 6.45) is 4.60. The van der Waals surface area contributed by atoms with Crippen LogP contribution in [0.4, 0.5) is 5.82 Å². The third-order valence-electron chi connectivity index (χ3n) is 3.03. The summed E-state index contributed by atoms with van der Waals surface area (Å²) in [6.45, 7) is 6.39. The first-order valence-electron chi connectivity index (χ1n) is 6.63. The van der Waals surface area contributed by atoms with Gasteiger partial charge in [0, 0.05) is 11.9 Å². The van der Waals surface area contributed by atoms with Crippen molar-refractivity contribution in [3.05, 3.63) is 12.4 Å². The van der Waals surface area contributed by atoms with Gasteiger partial charge in [-0.25, -0.2) is 0 Å². The van der Waals surface area contributed by atoms with Gasteiger partial charge in [-0.3, -0.25) is 4.98 Å². The second-order valence-corrected chi connectivity index (χ2v) is 5.32. The predicted molar refractivity (Wildman–Crippen MR) is 78.2 cm³/mol. The lowest BCUT2D eigenvalue weighted by Crippen LogP contribution is -2.49. The molecule has 2 rings (SSSR count). The summed E-state index contributed by atoms with van der Waals surface area (Å²) in [7, 11) is 0. The molecule has 1 saturated heterocycles. The highest BCUT2D eigenvalue weighted by Gasteiger charge is 2.26. The number of aromatic nitrogens is 2. The molecule has 0 amide bonds. The molecular formula is C13H20BrN3O2. The molecule has 1 aliphatic rings. The van der Waals surface area contributed by atoms with Crippen LogP contribution in [0.5, 0.6) is 5.88 Å². The quantitative estimate of drug-likeness (QED) is 0.775. The van der Waals surface area contributed by atoms with Crippen LogP contribution < -0.4 is 9.64 Å². The highest BCUT2D eigenvalue weighted by Crippen LogP contribution is 2.21. The normalized spacial score (nSPS) is 23.4. The monoisotopic (exact) mass is 329 g/mol. The van der Waals surface area contributed by atoms with Crippen LogP contribution in [0, 0.1) is 0 Å². The van der Waals surface area contributed by atoms with Crippen molar-refractivity contribution in [2.45, 2.75) is 32.4 Å². The number of halogens is 1. The number of alkyl halides is 1. The van der Waals surface area contributed by atoms with E-state index in [0.717, 1.165) is 24.1 Å². The highest BCUT2D eigenvalue weighted by atomic mass is 79.9. The third kappa shape index (κ3) is 3.79. The zero-order valence-electron chi connectivity index (χ0n) is 11.4. The van der Waals surface area contributed by atoms with E-state index in [1.807, 2.05) is 0 Å². The van der Waals surface area contributed by atoms with Crippen LogP contribution in [0.3, 0.4) is 0 Å². The van der Waals surface area contributed by atoms with Gasteiger partial charge in [0.05, 0.1) is 37.8 Å². The lowest BCUT2D eigenvalue weighted by atomic mass is 10.2. The van der Waals surface area contributed by atoms with Gasteiger partial charge in [0.15, 0.2) is 5.82 Å². The summed E-state index contributed by atoms with van der Waals surface area (Å²) in [5.74, 6) is 1.45. The van der Waals surface area contributed by atoms with E-state index in [9.17, 15) is 0 Å². The smallest absolute Gasteiger partial charge is 0.234 e. The Balaban J connectivity index is 2.10. The van der Waals surface area contributed by atoms with Gasteiger partial charge in [-0.1, -0.05) is 22.9 Å². The maximum absolute atomic E-state index is 5.72. The van der Waals surface area contributed by atoms with Crippen molar-refractivity contribution in [3.8, 4) is 5.88 Å². The Kier molecular flexibility index (Phi) is 5.39.